The first-order valence-corrected chi connectivity index (χ1v) is 8.53. The van der Waals surface area contributed by atoms with Crippen molar-refractivity contribution >= 4 is 44.5 Å². The number of sulfonamides is 1. The number of rotatable bonds is 4. The Bertz CT molecular complexity index is 847. The molecule has 0 saturated heterocycles. The SMILES string of the molecule is CC(=O)c1cccc(NC(=S)Nc2ccc(S(N)(=O)=O)cc2)c1. The smallest absolute Gasteiger partial charge is 0.238 e. The van der Waals surface area contributed by atoms with E-state index in [1.165, 1.54) is 19.1 Å². The van der Waals surface area contributed by atoms with E-state index >= 15 is 0 Å². The maximum Gasteiger partial charge on any atom is 0.238 e. The lowest BCUT2D eigenvalue weighted by molar-refractivity contribution is 0.101. The molecule has 0 atom stereocenters. The van der Waals surface area contributed by atoms with Crippen molar-refractivity contribution in [3.63, 3.8) is 0 Å². The zero-order valence-electron chi connectivity index (χ0n) is 12.2. The molecule has 23 heavy (non-hydrogen) atoms. The van der Waals surface area contributed by atoms with E-state index in [1.807, 2.05) is 0 Å². The Balaban J connectivity index is 2.05. The second-order valence-electron chi connectivity index (χ2n) is 4.79. The minimum atomic E-state index is -3.72. The Morgan fingerprint density at radius 1 is 1.04 bits per heavy atom. The van der Waals surface area contributed by atoms with Crippen LogP contribution in [0.15, 0.2) is 53.4 Å². The van der Waals surface area contributed by atoms with Crippen molar-refractivity contribution in [1.29, 1.82) is 0 Å². The molecule has 0 fully saturated rings. The van der Waals surface area contributed by atoms with E-state index in [-0.39, 0.29) is 10.7 Å². The first-order valence-electron chi connectivity index (χ1n) is 6.57. The summed E-state index contributed by atoms with van der Waals surface area (Å²) in [5.41, 5.74) is 1.87. The normalized spacial score (nSPS) is 10.9. The number of nitrogens with one attached hydrogen (secondary N) is 2. The molecule has 0 aromatic heterocycles. The molecule has 0 spiro atoms. The molecule has 0 amide bonds. The van der Waals surface area contributed by atoms with Crippen molar-refractivity contribution in [3.05, 3.63) is 54.1 Å². The van der Waals surface area contributed by atoms with Crippen LogP contribution >= 0.6 is 12.2 Å². The van der Waals surface area contributed by atoms with Gasteiger partial charge in [-0.1, -0.05) is 12.1 Å². The van der Waals surface area contributed by atoms with Crippen LogP contribution in [0.4, 0.5) is 11.4 Å². The Kier molecular flexibility index (Phi) is 5.09. The van der Waals surface area contributed by atoms with E-state index in [1.54, 1.807) is 36.4 Å². The number of primary sulfonamides is 1. The summed E-state index contributed by atoms with van der Waals surface area (Å²) in [7, 11) is -3.72. The van der Waals surface area contributed by atoms with Crippen molar-refractivity contribution in [2.75, 3.05) is 10.6 Å². The highest BCUT2D eigenvalue weighted by atomic mass is 32.2. The van der Waals surface area contributed by atoms with Gasteiger partial charge in [-0.2, -0.15) is 0 Å². The minimum absolute atomic E-state index is 0.0242. The molecule has 2 aromatic carbocycles. The van der Waals surface area contributed by atoms with Crippen LogP contribution in [0.25, 0.3) is 0 Å². The monoisotopic (exact) mass is 349 g/mol. The maximum atomic E-state index is 11.4. The van der Waals surface area contributed by atoms with Crippen LogP contribution in [0.1, 0.15) is 17.3 Å². The predicted octanol–water partition coefficient (Wildman–Crippen LogP) is 2.35. The standard InChI is InChI=1S/C15H15N3O3S2/c1-10(19)11-3-2-4-13(9-11)18-15(22)17-12-5-7-14(8-6-12)23(16,20)21/h2-9H,1H3,(H2,16,20,21)(H2,17,18,22). The van der Waals surface area contributed by atoms with E-state index in [9.17, 15) is 13.2 Å². The highest BCUT2D eigenvalue weighted by Gasteiger charge is 2.07. The molecule has 0 radical (unpaired) electrons. The Morgan fingerprint density at radius 3 is 2.22 bits per heavy atom. The molecule has 0 unspecified atom stereocenters. The van der Waals surface area contributed by atoms with Gasteiger partial charge in [-0.05, 0) is 55.5 Å². The second-order valence-corrected chi connectivity index (χ2v) is 6.76. The van der Waals surface area contributed by atoms with Gasteiger partial charge in [0.1, 0.15) is 0 Å². The molecule has 0 aliphatic rings. The summed E-state index contributed by atoms with van der Waals surface area (Å²) < 4.78 is 22.4. The number of Topliss-reactive ketones (excluding diaryl/α,β-unsaturated/α-hetero) is 1. The van der Waals surface area contributed by atoms with E-state index in [4.69, 9.17) is 17.4 Å². The summed E-state index contributed by atoms with van der Waals surface area (Å²) in [6, 6.07) is 12.8. The fraction of sp³-hybridized carbons (Fsp3) is 0.0667. The summed E-state index contributed by atoms with van der Waals surface area (Å²) in [4.78, 5) is 11.4. The molecule has 2 rings (SSSR count). The summed E-state index contributed by atoms with van der Waals surface area (Å²) in [6.45, 7) is 1.49. The Hall–Kier alpha value is -2.29. The maximum absolute atomic E-state index is 11.4. The van der Waals surface area contributed by atoms with E-state index in [0.717, 1.165) is 0 Å². The van der Waals surface area contributed by atoms with Gasteiger partial charge < -0.3 is 10.6 Å². The number of benzene rings is 2. The highest BCUT2D eigenvalue weighted by molar-refractivity contribution is 7.89. The topological polar surface area (TPSA) is 101 Å². The average molecular weight is 349 g/mol. The van der Waals surface area contributed by atoms with E-state index in [0.29, 0.717) is 22.1 Å². The number of thiocarbonyl (C=S) groups is 1. The molecule has 8 heteroatoms. The third kappa shape index (κ3) is 4.85. The van der Waals surface area contributed by atoms with Gasteiger partial charge in [0, 0.05) is 16.9 Å². The molecule has 0 heterocycles. The molecule has 0 aliphatic heterocycles. The Labute approximate surface area is 139 Å². The fourth-order valence-corrected chi connectivity index (χ4v) is 2.59. The van der Waals surface area contributed by atoms with Crippen molar-refractivity contribution in [3.8, 4) is 0 Å². The van der Waals surface area contributed by atoms with Crippen LogP contribution in [-0.2, 0) is 10.0 Å². The molecule has 0 aliphatic carbocycles. The lowest BCUT2D eigenvalue weighted by atomic mass is 10.1. The van der Waals surface area contributed by atoms with Crippen molar-refractivity contribution < 1.29 is 13.2 Å². The predicted molar refractivity (Wildman–Crippen MR) is 94.1 cm³/mol. The largest absolute Gasteiger partial charge is 0.332 e. The van der Waals surface area contributed by atoms with Gasteiger partial charge in [-0.15, -0.1) is 0 Å². The number of ketones is 1. The van der Waals surface area contributed by atoms with E-state index in [2.05, 4.69) is 10.6 Å². The van der Waals surface area contributed by atoms with Gasteiger partial charge >= 0.3 is 0 Å². The van der Waals surface area contributed by atoms with Crippen molar-refractivity contribution in [2.24, 2.45) is 5.14 Å². The average Bonchev–Trinajstić information content (AvgIpc) is 2.47. The molecular weight excluding hydrogens is 334 g/mol. The zero-order valence-corrected chi connectivity index (χ0v) is 13.9. The van der Waals surface area contributed by atoms with E-state index < -0.39 is 10.0 Å². The molecule has 2 aromatic rings. The quantitative estimate of drug-likeness (QED) is 0.578. The molecular formula is C15H15N3O3S2. The number of hydrogen-bond donors (Lipinski definition) is 3. The summed E-state index contributed by atoms with van der Waals surface area (Å²) in [5, 5.41) is 11.2. The number of carbonyl (C=O) groups is 1. The number of nitrogens with two attached hydrogens (primary N) is 1. The van der Waals surface area contributed by atoms with Gasteiger partial charge in [-0.25, -0.2) is 13.6 Å². The molecule has 120 valence electrons. The van der Waals surface area contributed by atoms with Gasteiger partial charge in [0.25, 0.3) is 0 Å². The van der Waals surface area contributed by atoms with Gasteiger partial charge in [-0.3, -0.25) is 4.79 Å². The fourth-order valence-electron chi connectivity index (χ4n) is 1.84. The van der Waals surface area contributed by atoms with Gasteiger partial charge in [0.2, 0.25) is 10.0 Å². The van der Waals surface area contributed by atoms with Gasteiger partial charge in [0.05, 0.1) is 4.90 Å². The summed E-state index contributed by atoms with van der Waals surface area (Å²) in [5.74, 6) is -0.0360. The van der Waals surface area contributed by atoms with Crippen molar-refractivity contribution in [1.82, 2.24) is 0 Å². The third-order valence-electron chi connectivity index (χ3n) is 2.97. The number of anilines is 2. The van der Waals surface area contributed by atoms with Crippen LogP contribution in [0.5, 0.6) is 0 Å². The minimum Gasteiger partial charge on any atom is -0.332 e. The molecule has 0 bridgehead atoms. The summed E-state index contributed by atoms with van der Waals surface area (Å²) >= 11 is 5.18. The van der Waals surface area contributed by atoms with Crippen LogP contribution in [0.3, 0.4) is 0 Å². The van der Waals surface area contributed by atoms with Gasteiger partial charge in [0.15, 0.2) is 10.9 Å². The zero-order chi connectivity index (χ0) is 17.0. The number of hydrogen-bond acceptors (Lipinski definition) is 4. The number of carbonyl (C=O) groups excluding carboxylic acids is 1. The Morgan fingerprint density at radius 2 is 1.65 bits per heavy atom. The lowest BCUT2D eigenvalue weighted by Crippen LogP contribution is -2.19. The van der Waals surface area contributed by atoms with Crippen LogP contribution in [0, 0.1) is 0 Å². The summed E-state index contributed by atoms with van der Waals surface area (Å²) in [6.07, 6.45) is 0. The van der Waals surface area contributed by atoms with Crippen LogP contribution in [0.2, 0.25) is 0 Å². The molecule has 4 N–H and O–H groups in total. The van der Waals surface area contributed by atoms with Crippen molar-refractivity contribution in [2.45, 2.75) is 11.8 Å². The lowest BCUT2D eigenvalue weighted by Gasteiger charge is -2.11. The molecule has 0 saturated carbocycles. The highest BCUT2D eigenvalue weighted by Crippen LogP contribution is 2.15. The third-order valence-corrected chi connectivity index (χ3v) is 4.10. The van der Waals surface area contributed by atoms with Crippen LogP contribution in [-0.4, -0.2) is 19.3 Å². The molecule has 6 nitrogen and oxygen atoms in total. The van der Waals surface area contributed by atoms with Crippen LogP contribution < -0.4 is 15.8 Å². The first kappa shape index (κ1) is 17.1. The first-order chi connectivity index (χ1) is 10.8. The second kappa shape index (κ2) is 6.86.